The maximum absolute atomic E-state index is 13.8. The molecule has 1 aromatic heterocycles. The van der Waals surface area contributed by atoms with E-state index in [4.69, 9.17) is 0 Å². The molecule has 2 saturated heterocycles. The van der Waals surface area contributed by atoms with E-state index < -0.39 is 17.3 Å². The number of carbonyl (C=O) groups is 2. The van der Waals surface area contributed by atoms with Gasteiger partial charge < -0.3 is 15.3 Å². The molecule has 2 aliphatic heterocycles. The molecular weight excluding hydrogens is 511 g/mol. The van der Waals surface area contributed by atoms with E-state index >= 15 is 0 Å². The summed E-state index contributed by atoms with van der Waals surface area (Å²) in [7, 11) is 0. The van der Waals surface area contributed by atoms with Crippen LogP contribution in [0.15, 0.2) is 24.3 Å². The highest BCUT2D eigenvalue weighted by molar-refractivity contribution is 5.97. The lowest BCUT2D eigenvalue weighted by molar-refractivity contribution is -0.137. The number of piperidine rings is 2. The van der Waals surface area contributed by atoms with Crippen LogP contribution in [0.5, 0.6) is 0 Å². The molecule has 0 radical (unpaired) electrons. The number of benzene rings is 1. The Morgan fingerprint density at radius 2 is 1.87 bits per heavy atom. The van der Waals surface area contributed by atoms with Crippen LogP contribution < -0.4 is 5.32 Å². The van der Waals surface area contributed by atoms with Crippen molar-refractivity contribution in [3.63, 3.8) is 0 Å². The number of rotatable bonds is 6. The summed E-state index contributed by atoms with van der Waals surface area (Å²) in [6.07, 6.45) is 0.347. The molecule has 0 bridgehead atoms. The number of hydrogen-bond donors (Lipinski definition) is 2. The molecule has 2 aromatic rings. The number of hydrogen-bond acceptors (Lipinski definition) is 5. The molecule has 4 aliphatic rings. The van der Waals surface area contributed by atoms with E-state index in [-0.39, 0.29) is 35.9 Å². The predicted octanol–water partition coefficient (Wildman–Crippen LogP) is 3.40. The molecule has 3 heterocycles. The average molecular weight is 546 g/mol. The van der Waals surface area contributed by atoms with Gasteiger partial charge in [-0.2, -0.15) is 18.3 Å². The zero-order chi connectivity index (χ0) is 27.7. The van der Waals surface area contributed by atoms with Gasteiger partial charge in [0.1, 0.15) is 0 Å². The van der Waals surface area contributed by atoms with Gasteiger partial charge in [0.25, 0.3) is 5.91 Å². The van der Waals surface area contributed by atoms with Gasteiger partial charge in [-0.3, -0.25) is 14.5 Å². The minimum atomic E-state index is -4.47. The number of aryl methyl sites for hydroxylation is 1. The molecule has 6 rings (SSSR count). The van der Waals surface area contributed by atoms with E-state index in [0.29, 0.717) is 35.7 Å². The van der Waals surface area contributed by atoms with E-state index in [1.807, 2.05) is 4.90 Å². The normalized spacial score (nSPS) is 27.5. The Balaban J connectivity index is 1.20. The number of aliphatic hydroxyl groups excluding tert-OH is 1. The van der Waals surface area contributed by atoms with Gasteiger partial charge >= 0.3 is 6.18 Å². The highest BCUT2D eigenvalue weighted by atomic mass is 19.4. The zero-order valence-electron chi connectivity index (χ0n) is 22.2. The molecule has 2 atom stereocenters. The lowest BCUT2D eigenvalue weighted by Crippen LogP contribution is -2.53. The van der Waals surface area contributed by atoms with Gasteiger partial charge in [-0.25, -0.2) is 4.68 Å². The third kappa shape index (κ3) is 4.25. The van der Waals surface area contributed by atoms with E-state index in [1.54, 1.807) is 13.0 Å². The van der Waals surface area contributed by atoms with Gasteiger partial charge in [0.05, 0.1) is 45.9 Å². The topological polar surface area (TPSA) is 90.7 Å². The number of likely N-dealkylation sites (tertiary alicyclic amines) is 2. The summed E-state index contributed by atoms with van der Waals surface area (Å²) in [6, 6.07) is 5.30. The van der Waals surface area contributed by atoms with Crippen LogP contribution in [-0.4, -0.2) is 79.9 Å². The van der Waals surface area contributed by atoms with Crippen molar-refractivity contribution in [1.29, 1.82) is 0 Å². The summed E-state index contributed by atoms with van der Waals surface area (Å²) in [5.41, 5.74) is 0.530. The smallest absolute Gasteiger partial charge is 0.394 e. The summed E-state index contributed by atoms with van der Waals surface area (Å²) in [6.45, 7) is 5.15. The van der Waals surface area contributed by atoms with Gasteiger partial charge in [-0.05, 0) is 63.6 Å². The molecule has 2 saturated carbocycles. The maximum Gasteiger partial charge on any atom is 0.416 e. The van der Waals surface area contributed by atoms with Crippen molar-refractivity contribution in [3.05, 3.63) is 46.8 Å². The maximum atomic E-state index is 13.8. The zero-order valence-corrected chi connectivity index (χ0v) is 22.2. The monoisotopic (exact) mass is 545 g/mol. The number of nitrogens with zero attached hydrogens (tertiary/aromatic N) is 4. The number of aliphatic hydroxyl groups is 1. The Morgan fingerprint density at radius 1 is 1.15 bits per heavy atom. The van der Waals surface area contributed by atoms with Crippen LogP contribution in [0, 0.1) is 6.92 Å². The van der Waals surface area contributed by atoms with Crippen LogP contribution in [0.1, 0.15) is 78.7 Å². The van der Waals surface area contributed by atoms with E-state index in [0.717, 1.165) is 57.2 Å². The van der Waals surface area contributed by atoms with Crippen molar-refractivity contribution in [3.8, 4) is 5.69 Å². The van der Waals surface area contributed by atoms with Crippen LogP contribution in [0.25, 0.3) is 5.69 Å². The van der Waals surface area contributed by atoms with Gasteiger partial charge in [0.2, 0.25) is 5.91 Å². The molecule has 39 heavy (non-hydrogen) atoms. The second-order valence-electron chi connectivity index (χ2n) is 11.7. The van der Waals surface area contributed by atoms with Crippen molar-refractivity contribution >= 4 is 11.8 Å². The van der Waals surface area contributed by atoms with E-state index in [9.17, 15) is 27.9 Å². The molecule has 2 N–H and O–H groups in total. The molecule has 11 heteroatoms. The van der Waals surface area contributed by atoms with Gasteiger partial charge in [0, 0.05) is 38.5 Å². The Morgan fingerprint density at radius 3 is 2.49 bits per heavy atom. The fourth-order valence-corrected chi connectivity index (χ4v) is 7.16. The van der Waals surface area contributed by atoms with Crippen molar-refractivity contribution in [2.24, 2.45) is 0 Å². The van der Waals surface area contributed by atoms with Crippen LogP contribution >= 0.6 is 0 Å². The molecule has 2 aliphatic carbocycles. The van der Waals surface area contributed by atoms with Crippen molar-refractivity contribution in [2.45, 2.75) is 81.6 Å². The quantitative estimate of drug-likeness (QED) is 0.581. The average Bonchev–Trinajstić information content (AvgIpc) is 3.79. The number of nitrogens with one attached hydrogen (secondary N) is 1. The van der Waals surface area contributed by atoms with E-state index in [2.05, 4.69) is 15.3 Å². The van der Waals surface area contributed by atoms with Crippen LogP contribution in [-0.2, 0) is 11.0 Å². The number of amides is 2. The standard InChI is InChI=1S/C28H34F3N5O3/c1-17-23(24(19-6-7-19)36(33-17)22-5-3-4-20(14-22)28(29,30)31)25(39)34-11-8-21(9-12-34)35-13-10-26(32-18(2)38)15-27(26,35)16-37/h3-5,14,19,21,37H,6-13,15-16H2,1-2H3,(H,32,38)/t26-,27+/m0/s1. The van der Waals surface area contributed by atoms with Crippen LogP contribution in [0.3, 0.4) is 0 Å². The summed E-state index contributed by atoms with van der Waals surface area (Å²) in [5, 5.41) is 17.9. The summed E-state index contributed by atoms with van der Waals surface area (Å²) in [5.74, 6) is -0.105. The minimum Gasteiger partial charge on any atom is -0.394 e. The molecule has 2 amide bonds. The number of alkyl halides is 3. The van der Waals surface area contributed by atoms with Crippen LogP contribution in [0.4, 0.5) is 13.2 Å². The Hall–Kier alpha value is -2.92. The number of aromatic nitrogens is 2. The Labute approximate surface area is 225 Å². The molecule has 210 valence electrons. The van der Waals surface area contributed by atoms with Gasteiger partial charge in [-0.15, -0.1) is 0 Å². The lowest BCUT2D eigenvalue weighted by Gasteiger charge is -2.40. The summed E-state index contributed by atoms with van der Waals surface area (Å²) in [4.78, 5) is 29.8. The second-order valence-corrected chi connectivity index (χ2v) is 11.7. The fraction of sp³-hybridized carbons (Fsp3) is 0.607. The van der Waals surface area contributed by atoms with E-state index in [1.165, 1.54) is 17.7 Å². The lowest BCUT2D eigenvalue weighted by atomic mass is 9.99. The minimum absolute atomic E-state index is 0.00884. The number of fused-ring (bicyclic) bond motifs is 1. The molecule has 1 aromatic carbocycles. The first-order chi connectivity index (χ1) is 18.5. The van der Waals surface area contributed by atoms with Crippen LogP contribution in [0.2, 0.25) is 0 Å². The largest absolute Gasteiger partial charge is 0.416 e. The number of carbonyl (C=O) groups excluding carboxylic acids is 2. The predicted molar refractivity (Wildman–Crippen MR) is 137 cm³/mol. The molecular formula is C28H34F3N5O3. The third-order valence-electron chi connectivity index (χ3n) is 9.25. The summed E-state index contributed by atoms with van der Waals surface area (Å²) >= 11 is 0. The summed E-state index contributed by atoms with van der Waals surface area (Å²) < 4.78 is 41.7. The highest BCUT2D eigenvalue weighted by Gasteiger charge is 2.74. The first-order valence-corrected chi connectivity index (χ1v) is 13.7. The first-order valence-electron chi connectivity index (χ1n) is 13.7. The first kappa shape index (κ1) is 26.3. The second kappa shape index (κ2) is 9.05. The Kier molecular flexibility index (Phi) is 6.11. The van der Waals surface area contributed by atoms with Crippen molar-refractivity contribution in [1.82, 2.24) is 24.9 Å². The molecule has 4 fully saturated rings. The molecule has 0 spiro atoms. The molecule has 8 nitrogen and oxygen atoms in total. The Bertz CT molecular complexity index is 1310. The highest BCUT2D eigenvalue weighted by Crippen LogP contribution is 2.60. The van der Waals surface area contributed by atoms with Crippen molar-refractivity contribution in [2.75, 3.05) is 26.2 Å². The molecule has 0 unspecified atom stereocenters. The number of halogens is 3. The SMILES string of the molecule is CC(=O)N[C@]12CCN(C3CCN(C(=O)c4c(C)nn(-c5cccc(C(F)(F)F)c5)c4C4CC4)CC3)[C@@]1(CO)C2. The van der Waals surface area contributed by atoms with Crippen molar-refractivity contribution < 1.29 is 27.9 Å². The third-order valence-corrected chi connectivity index (χ3v) is 9.25. The van der Waals surface area contributed by atoms with Gasteiger partial charge in [-0.1, -0.05) is 6.07 Å². The fourth-order valence-electron chi connectivity index (χ4n) is 7.16. The van der Waals surface area contributed by atoms with Gasteiger partial charge in [0.15, 0.2) is 0 Å².